The predicted molar refractivity (Wildman–Crippen MR) is 115 cm³/mol. The summed E-state index contributed by atoms with van der Waals surface area (Å²) in [4.78, 5) is 6.82. The molecule has 7 heteroatoms. The van der Waals surface area contributed by atoms with Crippen LogP contribution in [0, 0.1) is 5.41 Å². The van der Waals surface area contributed by atoms with Crippen LogP contribution in [0.15, 0.2) is 35.0 Å². The van der Waals surface area contributed by atoms with Crippen LogP contribution < -0.4 is 25.8 Å². The Morgan fingerprint density at radius 2 is 2.03 bits per heavy atom. The summed E-state index contributed by atoms with van der Waals surface area (Å²) in [7, 11) is 3.40. The second-order valence-electron chi connectivity index (χ2n) is 8.59. The highest BCUT2D eigenvalue weighted by molar-refractivity contribution is 5.94. The maximum atomic E-state index is 6.62. The van der Waals surface area contributed by atoms with Crippen molar-refractivity contribution in [2.24, 2.45) is 16.1 Å². The normalized spacial score (nSPS) is 26.8. The molecule has 0 amide bonds. The van der Waals surface area contributed by atoms with E-state index in [2.05, 4.69) is 20.5 Å². The molecule has 1 atom stereocenters. The van der Waals surface area contributed by atoms with E-state index in [0.717, 1.165) is 30.1 Å². The van der Waals surface area contributed by atoms with E-state index in [0.29, 0.717) is 23.5 Å². The fourth-order valence-corrected chi connectivity index (χ4v) is 4.39. The van der Waals surface area contributed by atoms with Crippen molar-refractivity contribution < 1.29 is 9.47 Å². The molecule has 2 fully saturated rings. The number of nitrogens with two attached hydrogens (primary N) is 1. The zero-order valence-electron chi connectivity index (χ0n) is 17.8. The van der Waals surface area contributed by atoms with Crippen molar-refractivity contribution in [2.75, 3.05) is 40.4 Å². The molecule has 0 bridgehead atoms. The molecule has 0 aromatic heterocycles. The Balaban J connectivity index is 1.39. The van der Waals surface area contributed by atoms with Gasteiger partial charge in [-0.3, -0.25) is 10.7 Å². The number of amidine groups is 1. The van der Waals surface area contributed by atoms with Crippen molar-refractivity contribution in [3.8, 4) is 11.5 Å². The van der Waals surface area contributed by atoms with Crippen LogP contribution in [0.5, 0.6) is 11.5 Å². The molecule has 1 aliphatic carbocycles. The van der Waals surface area contributed by atoms with Crippen molar-refractivity contribution >= 4 is 5.84 Å². The molecule has 1 aromatic carbocycles. The summed E-state index contributed by atoms with van der Waals surface area (Å²) in [6, 6.07) is 5.78. The minimum Gasteiger partial charge on any atom is -0.493 e. The van der Waals surface area contributed by atoms with Crippen LogP contribution in [0.4, 0.5) is 0 Å². The van der Waals surface area contributed by atoms with Crippen LogP contribution in [0.2, 0.25) is 0 Å². The van der Waals surface area contributed by atoms with Gasteiger partial charge in [0, 0.05) is 31.4 Å². The number of hydrogen-bond donors (Lipinski definition) is 3. The summed E-state index contributed by atoms with van der Waals surface area (Å²) >= 11 is 0. The lowest BCUT2D eigenvalue weighted by Crippen LogP contribution is -2.64. The maximum Gasteiger partial charge on any atom is 0.190 e. The molecule has 1 unspecified atom stereocenters. The van der Waals surface area contributed by atoms with E-state index in [1.807, 2.05) is 31.2 Å². The number of likely N-dealkylation sites (tertiary alicyclic amines) is 1. The van der Waals surface area contributed by atoms with Crippen LogP contribution in [-0.2, 0) is 5.79 Å². The van der Waals surface area contributed by atoms with Crippen molar-refractivity contribution in [3.05, 3.63) is 35.5 Å². The molecule has 4 rings (SSSR count). The van der Waals surface area contributed by atoms with E-state index in [1.54, 1.807) is 14.2 Å². The largest absolute Gasteiger partial charge is 0.493 e. The summed E-state index contributed by atoms with van der Waals surface area (Å²) < 4.78 is 11.6. The molecule has 3 aliphatic rings. The number of ether oxygens (including phenoxy) is 2. The van der Waals surface area contributed by atoms with Gasteiger partial charge >= 0.3 is 0 Å². The van der Waals surface area contributed by atoms with Crippen molar-refractivity contribution in [1.82, 2.24) is 15.5 Å². The number of nitrogens with one attached hydrogen (secondary N) is 2. The fraction of sp³-hybridized carbons (Fsp3) is 0.591. The molecule has 4 N–H and O–H groups in total. The number of methoxy groups -OCH3 is 1. The van der Waals surface area contributed by atoms with Gasteiger partial charge in [-0.2, -0.15) is 0 Å². The summed E-state index contributed by atoms with van der Waals surface area (Å²) in [5.74, 6) is 1.20. The molecule has 2 heterocycles. The van der Waals surface area contributed by atoms with E-state index in [4.69, 9.17) is 15.2 Å². The van der Waals surface area contributed by atoms with E-state index < -0.39 is 5.79 Å². The molecule has 2 aliphatic heterocycles. The Labute approximate surface area is 173 Å². The summed E-state index contributed by atoms with van der Waals surface area (Å²) in [6.45, 7) is 6.22. The van der Waals surface area contributed by atoms with E-state index in [1.165, 1.54) is 32.4 Å². The van der Waals surface area contributed by atoms with Gasteiger partial charge in [-0.1, -0.05) is 0 Å². The highest BCUT2D eigenvalue weighted by atomic mass is 16.5. The second-order valence-corrected chi connectivity index (χ2v) is 8.59. The first-order valence-electron chi connectivity index (χ1n) is 10.5. The van der Waals surface area contributed by atoms with Crippen LogP contribution in [-0.4, -0.2) is 51.1 Å². The number of nitrogens with zero attached hydrogens (tertiary/aromatic N) is 2. The number of benzene rings is 1. The van der Waals surface area contributed by atoms with Gasteiger partial charge in [0.25, 0.3) is 0 Å². The fourth-order valence-electron chi connectivity index (χ4n) is 4.39. The Bertz CT molecular complexity index is 817. The lowest BCUT2D eigenvalue weighted by Gasteiger charge is -2.37. The highest BCUT2D eigenvalue weighted by Crippen LogP contribution is 2.52. The van der Waals surface area contributed by atoms with Crippen molar-refractivity contribution in [2.45, 2.75) is 38.4 Å². The summed E-state index contributed by atoms with van der Waals surface area (Å²) in [5.41, 5.74) is 9.11. The van der Waals surface area contributed by atoms with Crippen LogP contribution >= 0.6 is 0 Å². The minimum absolute atomic E-state index is 0.655. The molecule has 7 nitrogen and oxygen atoms in total. The van der Waals surface area contributed by atoms with Gasteiger partial charge in [0.05, 0.1) is 13.7 Å². The maximum absolute atomic E-state index is 6.62. The molecule has 1 saturated heterocycles. The zero-order valence-corrected chi connectivity index (χ0v) is 17.8. The third-order valence-electron chi connectivity index (χ3n) is 6.28. The predicted octanol–water partition coefficient (Wildman–Crippen LogP) is 2.14. The van der Waals surface area contributed by atoms with Crippen molar-refractivity contribution in [1.29, 1.82) is 0 Å². The highest BCUT2D eigenvalue weighted by Gasteiger charge is 2.47. The zero-order chi connectivity index (χ0) is 20.5. The van der Waals surface area contributed by atoms with E-state index >= 15 is 0 Å². The molecule has 1 saturated carbocycles. The standard InChI is InChI=1S/C22H33N5O2/c1-16-13-20(24-2)26-22(23,25-16)17-5-6-18(28-3)19(14-17)29-12-4-10-27-11-9-21(15-27)7-8-21/h5-6,13-14,25H,4,7-12,15,23H2,1-3H3,(H,24,26). The monoisotopic (exact) mass is 399 g/mol. The topological polar surface area (TPSA) is 84.1 Å². The molecular weight excluding hydrogens is 366 g/mol. The third kappa shape index (κ3) is 4.36. The molecular formula is C22H33N5O2. The Morgan fingerprint density at radius 3 is 2.72 bits per heavy atom. The first-order chi connectivity index (χ1) is 14.0. The average Bonchev–Trinajstić information content (AvgIpc) is 3.35. The van der Waals surface area contributed by atoms with Crippen molar-refractivity contribution in [3.63, 3.8) is 0 Å². The Kier molecular flexibility index (Phi) is 5.44. The van der Waals surface area contributed by atoms with E-state index in [9.17, 15) is 0 Å². The second kappa shape index (κ2) is 7.88. The van der Waals surface area contributed by atoms with Gasteiger partial charge in [-0.05, 0) is 68.8 Å². The number of allylic oxidation sites excluding steroid dienone is 1. The molecule has 1 aromatic rings. The number of rotatable bonds is 7. The van der Waals surface area contributed by atoms with Gasteiger partial charge in [-0.15, -0.1) is 0 Å². The van der Waals surface area contributed by atoms with Gasteiger partial charge in [0.15, 0.2) is 17.3 Å². The third-order valence-corrected chi connectivity index (χ3v) is 6.28. The van der Waals surface area contributed by atoms with Gasteiger partial charge < -0.3 is 25.0 Å². The van der Waals surface area contributed by atoms with E-state index in [-0.39, 0.29) is 0 Å². The minimum atomic E-state index is -0.952. The number of hydrogen-bond acceptors (Lipinski definition) is 6. The summed E-state index contributed by atoms with van der Waals surface area (Å²) in [5, 5.41) is 6.55. The first kappa shape index (κ1) is 20.0. The number of aliphatic imine (C=N–C) groups is 1. The van der Waals surface area contributed by atoms with Gasteiger partial charge in [0.2, 0.25) is 0 Å². The lowest BCUT2D eigenvalue weighted by molar-refractivity contribution is 0.248. The quantitative estimate of drug-likeness (QED) is 0.610. The smallest absolute Gasteiger partial charge is 0.190 e. The molecule has 29 heavy (non-hydrogen) atoms. The van der Waals surface area contributed by atoms with Gasteiger partial charge in [0.1, 0.15) is 5.84 Å². The van der Waals surface area contributed by atoms with Crippen LogP contribution in [0.25, 0.3) is 0 Å². The molecule has 1 spiro atoms. The summed E-state index contributed by atoms with van der Waals surface area (Å²) in [6.07, 6.45) is 7.15. The first-order valence-corrected chi connectivity index (χ1v) is 10.5. The lowest BCUT2D eigenvalue weighted by atomic mass is 10.0. The van der Waals surface area contributed by atoms with Gasteiger partial charge in [-0.25, -0.2) is 0 Å². The van der Waals surface area contributed by atoms with Crippen LogP contribution in [0.3, 0.4) is 0 Å². The SMILES string of the molecule is CN=C1C=C(C)NC(N)(c2ccc(OC)c(OCCCN3CCC4(CC4)C3)c2)N1. The Morgan fingerprint density at radius 1 is 1.21 bits per heavy atom. The molecule has 0 radical (unpaired) electrons. The Hall–Kier alpha value is -2.25. The van der Waals surface area contributed by atoms with Crippen LogP contribution in [0.1, 0.15) is 38.2 Å². The molecule has 158 valence electrons. The average molecular weight is 400 g/mol.